The lowest BCUT2D eigenvalue weighted by molar-refractivity contribution is 0.0696. The number of rotatable bonds is 6. The highest BCUT2D eigenvalue weighted by atomic mass is 32.2. The highest BCUT2D eigenvalue weighted by Crippen LogP contribution is 2.16. The minimum atomic E-state index is -4.01. The van der Waals surface area contributed by atoms with Crippen LogP contribution in [0.25, 0.3) is 0 Å². The standard InChI is InChI=1S/C12H17FN2O4S/c1-8(15(2)3)7-14-20(18,19)11-5-4-9(12(16)17)6-10(11)13/h4-6,8,14H,7H2,1-3H3,(H,16,17). The fourth-order valence-corrected chi connectivity index (χ4v) is 2.52. The lowest BCUT2D eigenvalue weighted by atomic mass is 10.2. The van der Waals surface area contributed by atoms with Crippen molar-refractivity contribution in [3.8, 4) is 0 Å². The molecule has 0 spiro atoms. The summed E-state index contributed by atoms with van der Waals surface area (Å²) in [6, 6.07) is 2.62. The number of carboxylic acid groups (broad SMARTS) is 1. The summed E-state index contributed by atoms with van der Waals surface area (Å²) >= 11 is 0. The molecular formula is C12H17FN2O4S. The molecule has 0 aliphatic heterocycles. The predicted octanol–water partition coefficient (Wildman–Crippen LogP) is 0.752. The van der Waals surface area contributed by atoms with Gasteiger partial charge in [-0.25, -0.2) is 22.3 Å². The molecule has 1 atom stereocenters. The van der Waals surface area contributed by atoms with Gasteiger partial charge >= 0.3 is 5.97 Å². The van der Waals surface area contributed by atoms with E-state index in [0.29, 0.717) is 6.07 Å². The Kier molecular flexibility index (Phi) is 5.21. The molecule has 6 nitrogen and oxygen atoms in total. The van der Waals surface area contributed by atoms with Crippen LogP contribution in [0.5, 0.6) is 0 Å². The van der Waals surface area contributed by atoms with E-state index in [1.807, 2.05) is 11.8 Å². The summed E-state index contributed by atoms with van der Waals surface area (Å²) in [7, 11) is -0.421. The lowest BCUT2D eigenvalue weighted by Gasteiger charge is -2.20. The summed E-state index contributed by atoms with van der Waals surface area (Å²) in [6.07, 6.45) is 0. The lowest BCUT2D eigenvalue weighted by Crippen LogP contribution is -2.38. The maximum absolute atomic E-state index is 13.7. The van der Waals surface area contributed by atoms with Gasteiger partial charge in [0.1, 0.15) is 10.7 Å². The van der Waals surface area contributed by atoms with E-state index in [-0.39, 0.29) is 18.2 Å². The molecule has 1 aromatic rings. The van der Waals surface area contributed by atoms with Crippen LogP contribution in [0.4, 0.5) is 4.39 Å². The molecule has 0 bridgehead atoms. The average Bonchev–Trinajstić information content (AvgIpc) is 2.35. The molecule has 0 fully saturated rings. The first-order chi connectivity index (χ1) is 9.15. The number of sulfonamides is 1. The maximum atomic E-state index is 13.7. The second kappa shape index (κ2) is 6.29. The van der Waals surface area contributed by atoms with Gasteiger partial charge in [-0.2, -0.15) is 0 Å². The van der Waals surface area contributed by atoms with Gasteiger partial charge in [0.25, 0.3) is 0 Å². The van der Waals surface area contributed by atoms with Crippen molar-refractivity contribution in [2.24, 2.45) is 0 Å². The number of hydrogen-bond donors (Lipinski definition) is 2. The molecule has 0 amide bonds. The van der Waals surface area contributed by atoms with E-state index in [0.717, 1.165) is 12.1 Å². The Hall–Kier alpha value is -1.51. The number of carboxylic acids is 1. The molecule has 0 aromatic heterocycles. The summed E-state index contributed by atoms with van der Waals surface area (Å²) in [5.74, 6) is -2.41. The quantitative estimate of drug-likeness (QED) is 0.810. The third-order valence-corrected chi connectivity index (χ3v) is 4.38. The minimum absolute atomic E-state index is 0.0638. The number of carbonyl (C=O) groups is 1. The second-order valence-electron chi connectivity index (χ2n) is 4.61. The van der Waals surface area contributed by atoms with Crippen LogP contribution in [0.15, 0.2) is 23.1 Å². The van der Waals surface area contributed by atoms with Gasteiger partial charge in [0.2, 0.25) is 10.0 Å². The van der Waals surface area contributed by atoms with Crippen LogP contribution in [-0.4, -0.2) is 51.1 Å². The number of nitrogens with zero attached hydrogens (tertiary/aromatic N) is 1. The van der Waals surface area contributed by atoms with Crippen molar-refractivity contribution >= 4 is 16.0 Å². The van der Waals surface area contributed by atoms with Gasteiger partial charge in [0, 0.05) is 12.6 Å². The van der Waals surface area contributed by atoms with E-state index in [4.69, 9.17) is 5.11 Å². The first-order valence-electron chi connectivity index (χ1n) is 5.84. The molecule has 0 radical (unpaired) electrons. The summed E-state index contributed by atoms with van der Waals surface area (Å²) < 4.78 is 39.9. The van der Waals surface area contributed by atoms with Crippen molar-refractivity contribution in [1.82, 2.24) is 9.62 Å². The van der Waals surface area contributed by atoms with Crippen molar-refractivity contribution in [3.05, 3.63) is 29.6 Å². The Bertz CT molecular complexity index is 601. The summed E-state index contributed by atoms with van der Waals surface area (Å²) in [5.41, 5.74) is -0.303. The molecule has 112 valence electrons. The van der Waals surface area contributed by atoms with Crippen molar-refractivity contribution in [1.29, 1.82) is 0 Å². The molecule has 0 aliphatic carbocycles. The van der Waals surface area contributed by atoms with Crippen LogP contribution in [0.3, 0.4) is 0 Å². The average molecular weight is 304 g/mol. The molecule has 8 heteroatoms. The Labute approximate surface area is 117 Å². The van der Waals surface area contributed by atoms with Crippen LogP contribution in [0.2, 0.25) is 0 Å². The normalized spacial score (nSPS) is 13.4. The van der Waals surface area contributed by atoms with Crippen LogP contribution in [-0.2, 0) is 10.0 Å². The van der Waals surface area contributed by atoms with Crippen molar-refractivity contribution < 1.29 is 22.7 Å². The van der Waals surface area contributed by atoms with E-state index >= 15 is 0 Å². The third-order valence-electron chi connectivity index (χ3n) is 2.92. The van der Waals surface area contributed by atoms with Gasteiger partial charge in [0.15, 0.2) is 0 Å². The summed E-state index contributed by atoms with van der Waals surface area (Å²) in [5, 5.41) is 8.70. The monoisotopic (exact) mass is 304 g/mol. The molecule has 0 saturated carbocycles. The van der Waals surface area contributed by atoms with Gasteiger partial charge in [-0.05, 0) is 39.2 Å². The number of nitrogens with one attached hydrogen (secondary N) is 1. The second-order valence-corrected chi connectivity index (χ2v) is 6.35. The summed E-state index contributed by atoms with van der Waals surface area (Å²) in [4.78, 5) is 11.9. The number of benzene rings is 1. The number of halogens is 1. The molecule has 1 aromatic carbocycles. The molecule has 1 rings (SSSR count). The van der Waals surface area contributed by atoms with Crippen molar-refractivity contribution in [2.45, 2.75) is 17.9 Å². The first-order valence-corrected chi connectivity index (χ1v) is 7.32. The Balaban J connectivity index is 2.96. The Morgan fingerprint density at radius 2 is 2.05 bits per heavy atom. The predicted molar refractivity (Wildman–Crippen MR) is 71.7 cm³/mol. The van der Waals surface area contributed by atoms with Crippen LogP contribution in [0, 0.1) is 5.82 Å². The van der Waals surface area contributed by atoms with E-state index in [1.54, 1.807) is 14.1 Å². The Morgan fingerprint density at radius 1 is 1.45 bits per heavy atom. The van der Waals surface area contributed by atoms with Gasteiger partial charge in [-0.15, -0.1) is 0 Å². The van der Waals surface area contributed by atoms with Gasteiger partial charge in [-0.3, -0.25) is 0 Å². The van der Waals surface area contributed by atoms with Crippen molar-refractivity contribution in [2.75, 3.05) is 20.6 Å². The van der Waals surface area contributed by atoms with E-state index in [2.05, 4.69) is 4.72 Å². The molecule has 2 N–H and O–H groups in total. The van der Waals surface area contributed by atoms with Crippen molar-refractivity contribution in [3.63, 3.8) is 0 Å². The molecule has 0 saturated heterocycles. The molecular weight excluding hydrogens is 287 g/mol. The van der Waals surface area contributed by atoms with Gasteiger partial charge in [-0.1, -0.05) is 0 Å². The number of likely N-dealkylation sites (N-methyl/N-ethyl adjacent to an activating group) is 1. The Morgan fingerprint density at radius 3 is 2.50 bits per heavy atom. The molecule has 1 unspecified atom stereocenters. The highest BCUT2D eigenvalue weighted by molar-refractivity contribution is 7.89. The smallest absolute Gasteiger partial charge is 0.335 e. The fraction of sp³-hybridized carbons (Fsp3) is 0.417. The fourth-order valence-electron chi connectivity index (χ4n) is 1.34. The number of hydrogen-bond acceptors (Lipinski definition) is 4. The van der Waals surface area contributed by atoms with E-state index in [9.17, 15) is 17.6 Å². The van der Waals surface area contributed by atoms with Crippen LogP contribution < -0.4 is 4.72 Å². The largest absolute Gasteiger partial charge is 0.478 e. The van der Waals surface area contributed by atoms with Crippen LogP contribution >= 0.6 is 0 Å². The van der Waals surface area contributed by atoms with Gasteiger partial charge in [0.05, 0.1) is 5.56 Å². The van der Waals surface area contributed by atoms with E-state index in [1.165, 1.54) is 0 Å². The summed E-state index contributed by atoms with van der Waals surface area (Å²) in [6.45, 7) is 1.93. The zero-order valence-electron chi connectivity index (χ0n) is 11.4. The molecule has 0 heterocycles. The molecule has 20 heavy (non-hydrogen) atoms. The minimum Gasteiger partial charge on any atom is -0.478 e. The van der Waals surface area contributed by atoms with E-state index < -0.39 is 26.7 Å². The zero-order valence-corrected chi connectivity index (χ0v) is 12.2. The SMILES string of the molecule is CC(CNS(=O)(=O)c1ccc(C(=O)O)cc1F)N(C)C. The zero-order chi connectivity index (χ0) is 15.5. The van der Waals surface area contributed by atoms with Gasteiger partial charge < -0.3 is 10.0 Å². The third kappa shape index (κ3) is 3.99. The number of aromatic carboxylic acids is 1. The topological polar surface area (TPSA) is 86.7 Å². The van der Waals surface area contributed by atoms with Crippen LogP contribution in [0.1, 0.15) is 17.3 Å². The highest BCUT2D eigenvalue weighted by Gasteiger charge is 2.21. The first kappa shape index (κ1) is 16.5. The maximum Gasteiger partial charge on any atom is 0.335 e. The molecule has 0 aliphatic rings.